The van der Waals surface area contributed by atoms with Crippen LogP contribution in [0.5, 0.6) is 0 Å². The van der Waals surface area contributed by atoms with Gasteiger partial charge in [0.25, 0.3) is 0 Å². The van der Waals surface area contributed by atoms with Crippen LogP contribution >= 0.6 is 22.7 Å². The number of hydrogen-bond donors (Lipinski definition) is 2. The number of nitrogens with zero attached hydrogens (tertiary/aromatic N) is 3. The van der Waals surface area contributed by atoms with E-state index in [2.05, 4.69) is 53.4 Å². The zero-order valence-electron chi connectivity index (χ0n) is 17.2. The van der Waals surface area contributed by atoms with Crippen LogP contribution in [-0.4, -0.2) is 55.2 Å². The van der Waals surface area contributed by atoms with Gasteiger partial charge >= 0.3 is 0 Å². The van der Waals surface area contributed by atoms with E-state index in [1.165, 1.54) is 14.6 Å². The molecule has 0 spiro atoms. The number of hydrogen-bond acceptors (Lipinski definition) is 6. The number of aryl methyl sites for hydroxylation is 3. The molecule has 0 radical (unpaired) electrons. The van der Waals surface area contributed by atoms with Gasteiger partial charge in [-0.25, -0.2) is 9.98 Å². The summed E-state index contributed by atoms with van der Waals surface area (Å²) in [4.78, 5) is 15.8. The zero-order chi connectivity index (χ0) is 19.9. The second-order valence-electron chi connectivity index (χ2n) is 6.93. The molecule has 3 rings (SSSR count). The normalized spacial score (nSPS) is 16.9. The molecular formula is C20H31N5OS2. The largest absolute Gasteiger partial charge is 0.379 e. The Morgan fingerprint density at radius 2 is 2.00 bits per heavy atom. The Labute approximate surface area is 176 Å². The fourth-order valence-electron chi connectivity index (χ4n) is 3.34. The van der Waals surface area contributed by atoms with Gasteiger partial charge in [-0.3, -0.25) is 4.90 Å². The molecule has 2 aromatic heterocycles. The van der Waals surface area contributed by atoms with Gasteiger partial charge in [-0.2, -0.15) is 0 Å². The number of thiophene rings is 1. The molecule has 28 heavy (non-hydrogen) atoms. The van der Waals surface area contributed by atoms with Crippen molar-refractivity contribution >= 4 is 28.6 Å². The van der Waals surface area contributed by atoms with E-state index in [0.717, 1.165) is 56.1 Å². The van der Waals surface area contributed by atoms with Crippen LogP contribution in [0, 0.1) is 20.8 Å². The molecule has 2 aromatic rings. The molecule has 1 aliphatic heterocycles. The summed E-state index contributed by atoms with van der Waals surface area (Å²) in [6, 6.07) is 4.80. The highest BCUT2D eigenvalue weighted by atomic mass is 32.1. The number of guanidine groups is 1. The third-order valence-corrected chi connectivity index (χ3v) is 6.92. The highest BCUT2D eigenvalue weighted by molar-refractivity contribution is 7.12. The van der Waals surface area contributed by atoms with Crippen LogP contribution in [0.2, 0.25) is 0 Å². The first kappa shape index (κ1) is 21.2. The minimum Gasteiger partial charge on any atom is -0.379 e. The van der Waals surface area contributed by atoms with E-state index in [0.29, 0.717) is 12.6 Å². The van der Waals surface area contributed by atoms with Gasteiger partial charge in [0.05, 0.1) is 36.5 Å². The summed E-state index contributed by atoms with van der Waals surface area (Å²) in [7, 11) is 0. The number of morpholine rings is 1. The maximum atomic E-state index is 5.56. The molecule has 1 fully saturated rings. The highest BCUT2D eigenvalue weighted by Crippen LogP contribution is 2.28. The number of thiazole rings is 1. The average molecular weight is 422 g/mol. The molecule has 8 heteroatoms. The van der Waals surface area contributed by atoms with Gasteiger partial charge < -0.3 is 15.4 Å². The zero-order valence-corrected chi connectivity index (χ0v) is 18.9. The molecule has 1 unspecified atom stereocenters. The SMILES string of the molecule is CCNC(=NCc1sc(C)nc1C)NCC(c1ccc(C)s1)N1CCOCC1. The number of aliphatic imine (C=N–C) groups is 1. The lowest BCUT2D eigenvalue weighted by molar-refractivity contribution is 0.0177. The van der Waals surface area contributed by atoms with Crippen LogP contribution in [0.15, 0.2) is 17.1 Å². The van der Waals surface area contributed by atoms with E-state index in [4.69, 9.17) is 9.73 Å². The molecule has 1 atom stereocenters. The molecule has 1 saturated heterocycles. The molecule has 0 amide bonds. The second kappa shape index (κ2) is 10.3. The highest BCUT2D eigenvalue weighted by Gasteiger charge is 2.24. The summed E-state index contributed by atoms with van der Waals surface area (Å²) >= 11 is 3.61. The lowest BCUT2D eigenvalue weighted by Gasteiger charge is -2.34. The van der Waals surface area contributed by atoms with Gasteiger partial charge in [-0.1, -0.05) is 0 Å². The van der Waals surface area contributed by atoms with Crippen LogP contribution in [0.4, 0.5) is 0 Å². The standard InChI is InChI=1S/C20H31N5OS2/c1-5-21-20(23-13-19-15(3)24-16(4)28-19)22-12-17(18-7-6-14(2)27-18)25-8-10-26-11-9-25/h6-7,17H,5,8-13H2,1-4H3,(H2,21,22,23). The summed E-state index contributed by atoms with van der Waals surface area (Å²) in [5.74, 6) is 0.861. The average Bonchev–Trinajstić information content (AvgIpc) is 3.25. The Morgan fingerprint density at radius 3 is 2.61 bits per heavy atom. The van der Waals surface area contributed by atoms with E-state index in [1.54, 1.807) is 11.3 Å². The van der Waals surface area contributed by atoms with Gasteiger partial charge in [0.2, 0.25) is 0 Å². The monoisotopic (exact) mass is 421 g/mol. The smallest absolute Gasteiger partial charge is 0.191 e. The van der Waals surface area contributed by atoms with Crippen molar-refractivity contribution in [3.63, 3.8) is 0 Å². The van der Waals surface area contributed by atoms with Gasteiger partial charge in [0.15, 0.2) is 5.96 Å². The molecule has 6 nitrogen and oxygen atoms in total. The topological polar surface area (TPSA) is 61.8 Å². The second-order valence-corrected chi connectivity index (χ2v) is 9.54. The summed E-state index contributed by atoms with van der Waals surface area (Å²) in [6.07, 6.45) is 0. The summed E-state index contributed by atoms with van der Waals surface area (Å²) in [6.45, 7) is 14.2. The fourth-order valence-corrected chi connectivity index (χ4v) is 5.21. The van der Waals surface area contributed by atoms with Crippen molar-refractivity contribution in [2.24, 2.45) is 4.99 Å². The Kier molecular flexibility index (Phi) is 7.84. The number of rotatable bonds is 7. The molecule has 1 aliphatic rings. The van der Waals surface area contributed by atoms with Crippen LogP contribution in [0.3, 0.4) is 0 Å². The summed E-state index contributed by atoms with van der Waals surface area (Å²) in [5.41, 5.74) is 1.09. The molecule has 0 aromatic carbocycles. The molecule has 0 aliphatic carbocycles. The van der Waals surface area contributed by atoms with E-state index >= 15 is 0 Å². The van der Waals surface area contributed by atoms with Gasteiger partial charge in [0.1, 0.15) is 0 Å². The minimum atomic E-state index is 0.332. The van der Waals surface area contributed by atoms with Gasteiger partial charge in [-0.05, 0) is 39.8 Å². The molecule has 2 N–H and O–H groups in total. The molecule has 0 bridgehead atoms. The van der Waals surface area contributed by atoms with Crippen LogP contribution in [0.1, 0.15) is 38.3 Å². The number of ether oxygens (including phenoxy) is 1. The van der Waals surface area contributed by atoms with Crippen molar-refractivity contribution < 1.29 is 4.74 Å². The van der Waals surface area contributed by atoms with Crippen molar-refractivity contribution in [3.8, 4) is 0 Å². The Hall–Kier alpha value is -1.48. The van der Waals surface area contributed by atoms with Crippen molar-refractivity contribution in [2.75, 3.05) is 39.4 Å². The van der Waals surface area contributed by atoms with Crippen LogP contribution in [0.25, 0.3) is 0 Å². The maximum Gasteiger partial charge on any atom is 0.191 e. The molecular weight excluding hydrogens is 390 g/mol. The summed E-state index contributed by atoms with van der Waals surface area (Å²) < 4.78 is 5.56. The first-order valence-electron chi connectivity index (χ1n) is 9.90. The fraction of sp³-hybridized carbons (Fsp3) is 0.600. The maximum absolute atomic E-state index is 5.56. The van der Waals surface area contributed by atoms with Gasteiger partial charge in [-0.15, -0.1) is 22.7 Å². The predicted molar refractivity (Wildman–Crippen MR) is 119 cm³/mol. The minimum absolute atomic E-state index is 0.332. The predicted octanol–water partition coefficient (Wildman–Crippen LogP) is 3.26. The van der Waals surface area contributed by atoms with Crippen molar-refractivity contribution in [2.45, 2.75) is 40.3 Å². The van der Waals surface area contributed by atoms with Crippen molar-refractivity contribution in [3.05, 3.63) is 37.5 Å². The Morgan fingerprint density at radius 1 is 1.21 bits per heavy atom. The summed E-state index contributed by atoms with van der Waals surface area (Å²) in [5, 5.41) is 8.05. The number of nitrogens with one attached hydrogen (secondary N) is 2. The van der Waals surface area contributed by atoms with Crippen LogP contribution in [-0.2, 0) is 11.3 Å². The Balaban J connectivity index is 1.69. The molecule has 154 valence electrons. The Bertz CT molecular complexity index is 779. The van der Waals surface area contributed by atoms with Crippen molar-refractivity contribution in [1.29, 1.82) is 0 Å². The molecule has 3 heterocycles. The lowest BCUT2D eigenvalue weighted by Crippen LogP contribution is -2.46. The third kappa shape index (κ3) is 5.76. The lowest BCUT2D eigenvalue weighted by atomic mass is 10.2. The third-order valence-electron chi connectivity index (χ3n) is 4.76. The van der Waals surface area contributed by atoms with Gasteiger partial charge in [0, 0.05) is 40.8 Å². The van der Waals surface area contributed by atoms with E-state index in [1.807, 2.05) is 18.3 Å². The number of aromatic nitrogens is 1. The van der Waals surface area contributed by atoms with Crippen LogP contribution < -0.4 is 10.6 Å². The first-order chi connectivity index (χ1) is 13.6. The van der Waals surface area contributed by atoms with E-state index in [-0.39, 0.29) is 0 Å². The first-order valence-corrected chi connectivity index (χ1v) is 11.5. The quantitative estimate of drug-likeness (QED) is 0.531. The van der Waals surface area contributed by atoms with E-state index < -0.39 is 0 Å². The molecule has 0 saturated carbocycles. The van der Waals surface area contributed by atoms with Crippen molar-refractivity contribution in [1.82, 2.24) is 20.5 Å². The van der Waals surface area contributed by atoms with E-state index in [9.17, 15) is 0 Å².